The van der Waals surface area contributed by atoms with Gasteiger partial charge in [-0.1, -0.05) is 18.2 Å². The Morgan fingerprint density at radius 1 is 1.32 bits per heavy atom. The van der Waals surface area contributed by atoms with Gasteiger partial charge in [0.2, 0.25) is 5.91 Å². The summed E-state index contributed by atoms with van der Waals surface area (Å²) in [6.07, 6.45) is 2.94. The fourth-order valence-electron chi connectivity index (χ4n) is 3.33. The Kier molecular flexibility index (Phi) is 7.03. The van der Waals surface area contributed by atoms with Crippen molar-refractivity contribution < 1.29 is 19.1 Å². The van der Waals surface area contributed by atoms with Gasteiger partial charge in [-0.25, -0.2) is 9.78 Å². The minimum atomic E-state index is -0.408. The third-order valence-electron chi connectivity index (χ3n) is 4.75. The topological polar surface area (TPSA) is 68.7 Å². The number of para-hydroxylation sites is 1. The SMILES string of the molecule is CCOC(=O)c1csc([C@@H]2CCCN2C(=O)CCCOc2ccccc2C)n1. The number of hydrogen-bond donors (Lipinski definition) is 0. The molecule has 1 aliphatic heterocycles. The summed E-state index contributed by atoms with van der Waals surface area (Å²) in [6, 6.07) is 7.83. The lowest BCUT2D eigenvalue weighted by atomic mass is 10.2. The van der Waals surface area contributed by atoms with Crippen LogP contribution in [-0.4, -0.2) is 41.5 Å². The summed E-state index contributed by atoms with van der Waals surface area (Å²) in [4.78, 5) is 30.8. The smallest absolute Gasteiger partial charge is 0.357 e. The molecule has 0 N–H and O–H groups in total. The highest BCUT2D eigenvalue weighted by Crippen LogP contribution is 2.34. The van der Waals surface area contributed by atoms with Crippen LogP contribution in [-0.2, 0) is 9.53 Å². The van der Waals surface area contributed by atoms with E-state index in [2.05, 4.69) is 4.98 Å². The van der Waals surface area contributed by atoms with Crippen LogP contribution in [0.3, 0.4) is 0 Å². The standard InChI is InChI=1S/C21H26N2O4S/c1-3-26-21(25)16-14-28-20(22-16)17-9-6-12-23(17)19(24)11-7-13-27-18-10-5-4-8-15(18)2/h4-5,8,10,14,17H,3,6-7,9,11-13H2,1-2H3/t17-/m0/s1. The molecule has 7 heteroatoms. The predicted octanol–water partition coefficient (Wildman–Crippen LogP) is 4.15. The fraction of sp³-hybridized carbons (Fsp3) is 0.476. The van der Waals surface area contributed by atoms with Crippen LogP contribution in [0.2, 0.25) is 0 Å². The van der Waals surface area contributed by atoms with Crippen molar-refractivity contribution >= 4 is 23.2 Å². The minimum absolute atomic E-state index is 0.0436. The van der Waals surface area contributed by atoms with E-state index in [1.807, 2.05) is 36.1 Å². The second kappa shape index (κ2) is 9.68. The molecule has 2 heterocycles. The first-order chi connectivity index (χ1) is 13.6. The zero-order valence-electron chi connectivity index (χ0n) is 16.3. The highest BCUT2D eigenvalue weighted by Gasteiger charge is 2.32. The Labute approximate surface area is 169 Å². The number of aryl methyl sites for hydroxylation is 1. The summed E-state index contributed by atoms with van der Waals surface area (Å²) in [5, 5.41) is 2.52. The minimum Gasteiger partial charge on any atom is -0.493 e. The van der Waals surface area contributed by atoms with Crippen LogP contribution in [0, 0.1) is 6.92 Å². The molecule has 6 nitrogen and oxygen atoms in total. The lowest BCUT2D eigenvalue weighted by Crippen LogP contribution is -2.30. The Morgan fingerprint density at radius 2 is 2.14 bits per heavy atom. The summed E-state index contributed by atoms with van der Waals surface area (Å²) < 4.78 is 10.8. The lowest BCUT2D eigenvalue weighted by molar-refractivity contribution is -0.132. The molecule has 0 radical (unpaired) electrons. The first-order valence-corrected chi connectivity index (χ1v) is 10.6. The monoisotopic (exact) mass is 402 g/mol. The number of thiazole rings is 1. The number of ether oxygens (including phenoxy) is 2. The Bertz CT molecular complexity index is 820. The van der Waals surface area contributed by atoms with Gasteiger partial charge in [-0.15, -0.1) is 11.3 Å². The van der Waals surface area contributed by atoms with Crippen LogP contribution in [0.4, 0.5) is 0 Å². The van der Waals surface area contributed by atoms with Crippen LogP contribution in [0.1, 0.15) is 59.7 Å². The van der Waals surface area contributed by atoms with Crippen molar-refractivity contribution in [2.75, 3.05) is 19.8 Å². The average Bonchev–Trinajstić information content (AvgIpc) is 3.35. The van der Waals surface area contributed by atoms with Gasteiger partial charge in [0, 0.05) is 18.3 Å². The van der Waals surface area contributed by atoms with Gasteiger partial charge in [0.15, 0.2) is 5.69 Å². The largest absolute Gasteiger partial charge is 0.493 e. The number of carbonyl (C=O) groups excluding carboxylic acids is 2. The van der Waals surface area contributed by atoms with Gasteiger partial charge in [-0.3, -0.25) is 4.79 Å². The van der Waals surface area contributed by atoms with Crippen molar-refractivity contribution in [3.05, 3.63) is 45.9 Å². The van der Waals surface area contributed by atoms with Crippen molar-refractivity contribution in [3.8, 4) is 5.75 Å². The lowest BCUT2D eigenvalue weighted by Gasteiger charge is -2.23. The molecular weight excluding hydrogens is 376 g/mol. The van der Waals surface area contributed by atoms with Gasteiger partial charge in [-0.05, 0) is 44.7 Å². The number of hydrogen-bond acceptors (Lipinski definition) is 6. The van der Waals surface area contributed by atoms with Gasteiger partial charge in [0.25, 0.3) is 0 Å². The third kappa shape index (κ3) is 4.90. The van der Waals surface area contributed by atoms with Gasteiger partial charge in [0.1, 0.15) is 10.8 Å². The molecule has 0 saturated carbocycles. The highest BCUT2D eigenvalue weighted by molar-refractivity contribution is 7.09. The van der Waals surface area contributed by atoms with Crippen LogP contribution in [0.25, 0.3) is 0 Å². The molecule has 2 aromatic rings. The molecule has 1 aromatic heterocycles. The zero-order chi connectivity index (χ0) is 19.9. The van der Waals surface area contributed by atoms with Crippen molar-refractivity contribution in [3.63, 3.8) is 0 Å². The number of amides is 1. The molecule has 1 amide bonds. The van der Waals surface area contributed by atoms with Crippen LogP contribution in [0.15, 0.2) is 29.6 Å². The summed E-state index contributed by atoms with van der Waals surface area (Å²) in [6.45, 7) is 5.35. The van der Waals surface area contributed by atoms with Gasteiger partial charge >= 0.3 is 5.97 Å². The van der Waals surface area contributed by atoms with Crippen molar-refractivity contribution in [1.82, 2.24) is 9.88 Å². The Balaban J connectivity index is 1.52. The van der Waals surface area contributed by atoms with E-state index < -0.39 is 5.97 Å². The Hall–Kier alpha value is -2.41. The van der Waals surface area contributed by atoms with E-state index in [1.165, 1.54) is 11.3 Å². The number of nitrogens with zero attached hydrogens (tertiary/aromatic N) is 2. The molecule has 1 atom stereocenters. The molecule has 0 bridgehead atoms. The number of carbonyl (C=O) groups is 2. The quantitative estimate of drug-likeness (QED) is 0.490. The molecule has 28 heavy (non-hydrogen) atoms. The number of benzene rings is 1. The van der Waals surface area contributed by atoms with E-state index in [0.29, 0.717) is 31.7 Å². The molecule has 1 aliphatic rings. The van der Waals surface area contributed by atoms with Crippen molar-refractivity contribution in [2.45, 2.75) is 45.6 Å². The third-order valence-corrected chi connectivity index (χ3v) is 5.70. The molecular formula is C21H26N2O4S. The number of likely N-dealkylation sites (tertiary alicyclic amines) is 1. The van der Waals surface area contributed by atoms with Gasteiger partial charge in [0.05, 0.1) is 19.3 Å². The normalized spacial score (nSPS) is 16.2. The van der Waals surface area contributed by atoms with Crippen LogP contribution < -0.4 is 4.74 Å². The van der Waals surface area contributed by atoms with Crippen LogP contribution >= 0.6 is 11.3 Å². The molecule has 0 aliphatic carbocycles. The fourth-order valence-corrected chi connectivity index (χ4v) is 4.26. The van der Waals surface area contributed by atoms with Crippen molar-refractivity contribution in [1.29, 1.82) is 0 Å². The second-order valence-corrected chi connectivity index (χ2v) is 7.64. The molecule has 150 valence electrons. The first kappa shape index (κ1) is 20.3. The van der Waals surface area contributed by atoms with Gasteiger partial charge < -0.3 is 14.4 Å². The van der Waals surface area contributed by atoms with Crippen molar-refractivity contribution in [2.24, 2.45) is 0 Å². The molecule has 0 unspecified atom stereocenters. The van der Waals surface area contributed by atoms with Gasteiger partial charge in [-0.2, -0.15) is 0 Å². The number of esters is 1. The van der Waals surface area contributed by atoms with E-state index in [0.717, 1.165) is 35.7 Å². The molecule has 0 spiro atoms. The Morgan fingerprint density at radius 3 is 2.93 bits per heavy atom. The van der Waals surface area contributed by atoms with E-state index in [9.17, 15) is 9.59 Å². The molecule has 1 aromatic carbocycles. The van der Waals surface area contributed by atoms with E-state index in [-0.39, 0.29) is 11.9 Å². The number of aromatic nitrogens is 1. The van der Waals surface area contributed by atoms with E-state index >= 15 is 0 Å². The average molecular weight is 403 g/mol. The molecule has 1 fully saturated rings. The highest BCUT2D eigenvalue weighted by atomic mass is 32.1. The first-order valence-electron chi connectivity index (χ1n) is 9.70. The van der Waals surface area contributed by atoms with E-state index in [4.69, 9.17) is 9.47 Å². The predicted molar refractivity (Wildman–Crippen MR) is 108 cm³/mol. The maximum Gasteiger partial charge on any atom is 0.357 e. The summed E-state index contributed by atoms with van der Waals surface area (Å²) in [5.74, 6) is 0.571. The maximum absolute atomic E-state index is 12.7. The van der Waals surface area contributed by atoms with E-state index in [1.54, 1.807) is 12.3 Å². The molecule has 3 rings (SSSR count). The van der Waals surface area contributed by atoms with Crippen LogP contribution in [0.5, 0.6) is 5.75 Å². The second-order valence-electron chi connectivity index (χ2n) is 6.75. The summed E-state index contributed by atoms with van der Waals surface area (Å²) in [5.41, 5.74) is 1.42. The number of rotatable bonds is 8. The molecule has 1 saturated heterocycles. The summed E-state index contributed by atoms with van der Waals surface area (Å²) >= 11 is 1.42. The maximum atomic E-state index is 12.7. The zero-order valence-corrected chi connectivity index (χ0v) is 17.2. The summed E-state index contributed by atoms with van der Waals surface area (Å²) in [7, 11) is 0.